The Labute approximate surface area is 138 Å². The predicted molar refractivity (Wildman–Crippen MR) is 95.1 cm³/mol. The smallest absolute Gasteiger partial charge is 0.110 e. The first kappa shape index (κ1) is 15.5. The summed E-state index contributed by atoms with van der Waals surface area (Å²) in [6.45, 7) is 7.60. The van der Waals surface area contributed by atoms with E-state index in [2.05, 4.69) is 28.0 Å². The van der Waals surface area contributed by atoms with E-state index in [9.17, 15) is 0 Å². The summed E-state index contributed by atoms with van der Waals surface area (Å²) in [6.07, 6.45) is 12.9. The van der Waals surface area contributed by atoms with Gasteiger partial charge in [-0.25, -0.2) is 0 Å². The Bertz CT molecular complexity index is 437. The molecule has 0 heterocycles. The molecule has 0 saturated heterocycles. The average molecular weight is 300 g/mol. The summed E-state index contributed by atoms with van der Waals surface area (Å²) in [4.78, 5) is 0. The maximum Gasteiger partial charge on any atom is 0.110 e. The number of fused-ring (bicyclic) bond motifs is 5. The van der Waals surface area contributed by atoms with Gasteiger partial charge in [0.2, 0.25) is 0 Å². The summed E-state index contributed by atoms with van der Waals surface area (Å²) in [7, 11) is 2.54. The van der Waals surface area contributed by atoms with Gasteiger partial charge in [-0.15, -0.1) is 0 Å². The Morgan fingerprint density at radius 2 is 1.59 bits per heavy atom. The molecule has 4 rings (SSSR count). The first-order valence-electron chi connectivity index (χ1n) is 10.0. The van der Waals surface area contributed by atoms with Gasteiger partial charge in [0.25, 0.3) is 0 Å². The highest BCUT2D eigenvalue weighted by molar-refractivity contribution is 6.36. The van der Waals surface area contributed by atoms with E-state index in [0.29, 0.717) is 16.9 Å². The van der Waals surface area contributed by atoms with Crippen LogP contribution in [0.3, 0.4) is 0 Å². The van der Waals surface area contributed by atoms with Crippen molar-refractivity contribution in [2.24, 2.45) is 40.2 Å². The Kier molecular flexibility index (Phi) is 3.72. The van der Waals surface area contributed by atoms with Crippen LogP contribution in [0.25, 0.3) is 0 Å². The summed E-state index contributed by atoms with van der Waals surface area (Å²) in [5, 5.41) is 0. The molecular formula is C20H35BN. The molecule has 0 aromatic heterocycles. The quantitative estimate of drug-likeness (QED) is 0.685. The molecule has 0 aromatic rings. The van der Waals surface area contributed by atoms with Gasteiger partial charge in [-0.1, -0.05) is 39.3 Å². The van der Waals surface area contributed by atoms with E-state index in [1.807, 2.05) is 0 Å². The van der Waals surface area contributed by atoms with Gasteiger partial charge in [0.05, 0.1) is 0 Å². The van der Waals surface area contributed by atoms with Crippen LogP contribution < -0.4 is 5.73 Å². The van der Waals surface area contributed by atoms with Crippen LogP contribution in [0.1, 0.15) is 71.6 Å². The largest absolute Gasteiger partial charge is 0.328 e. The van der Waals surface area contributed by atoms with E-state index in [-0.39, 0.29) is 0 Å². The Morgan fingerprint density at radius 3 is 2.36 bits per heavy atom. The van der Waals surface area contributed by atoms with Gasteiger partial charge in [-0.2, -0.15) is 0 Å². The van der Waals surface area contributed by atoms with Crippen LogP contribution in [0.4, 0.5) is 0 Å². The lowest BCUT2D eigenvalue weighted by Gasteiger charge is -2.61. The van der Waals surface area contributed by atoms with Crippen molar-refractivity contribution in [2.45, 2.75) is 90.3 Å². The van der Waals surface area contributed by atoms with Gasteiger partial charge >= 0.3 is 0 Å². The third-order valence-corrected chi connectivity index (χ3v) is 9.18. The number of rotatable bonds is 1. The monoisotopic (exact) mass is 300 g/mol. The lowest BCUT2D eigenvalue weighted by Crippen LogP contribution is -2.54. The van der Waals surface area contributed by atoms with Crippen molar-refractivity contribution in [3.05, 3.63) is 0 Å². The zero-order valence-corrected chi connectivity index (χ0v) is 15.0. The van der Waals surface area contributed by atoms with E-state index >= 15 is 0 Å². The van der Waals surface area contributed by atoms with Gasteiger partial charge in [-0.05, 0) is 79.4 Å². The van der Waals surface area contributed by atoms with Crippen LogP contribution in [0.15, 0.2) is 0 Å². The van der Waals surface area contributed by atoms with Crippen LogP contribution in [0, 0.1) is 34.5 Å². The SMILES string of the molecule is C[B]C1CCC2C3CCC4CC(N)CCC4(C)C3CCC12C. The number of hydrogen-bond acceptors (Lipinski definition) is 1. The van der Waals surface area contributed by atoms with Crippen molar-refractivity contribution < 1.29 is 0 Å². The fraction of sp³-hybridized carbons (Fsp3) is 1.00. The van der Waals surface area contributed by atoms with Crippen molar-refractivity contribution in [1.29, 1.82) is 0 Å². The highest BCUT2D eigenvalue weighted by Gasteiger charge is 2.59. The molecule has 0 amide bonds. The minimum atomic E-state index is 0.494. The molecule has 4 saturated carbocycles. The molecule has 8 unspecified atom stereocenters. The summed E-state index contributed by atoms with van der Waals surface area (Å²) in [5.74, 6) is 4.87. The summed E-state index contributed by atoms with van der Waals surface area (Å²) in [6, 6.07) is 0.494. The maximum absolute atomic E-state index is 6.31. The Hall–Kier alpha value is 0.0249. The van der Waals surface area contributed by atoms with E-state index in [1.54, 1.807) is 0 Å². The minimum Gasteiger partial charge on any atom is -0.328 e. The van der Waals surface area contributed by atoms with Crippen LogP contribution in [0.5, 0.6) is 0 Å². The first-order chi connectivity index (χ1) is 10.5. The topological polar surface area (TPSA) is 26.0 Å². The molecule has 1 radical (unpaired) electrons. The van der Waals surface area contributed by atoms with Crippen LogP contribution in [-0.2, 0) is 0 Å². The predicted octanol–water partition coefficient (Wildman–Crippen LogP) is 4.90. The fourth-order valence-electron chi connectivity index (χ4n) is 7.88. The van der Waals surface area contributed by atoms with Gasteiger partial charge < -0.3 is 5.73 Å². The standard InChI is InChI=1S/C20H35BN/c1-19-10-8-14(22)12-13(19)4-5-15-16-6-7-18(21-3)20(16,2)11-9-17(15)19/h13-18H,4-12,22H2,1-3H3. The first-order valence-corrected chi connectivity index (χ1v) is 10.0. The van der Waals surface area contributed by atoms with Gasteiger partial charge in [-0.3, -0.25) is 0 Å². The summed E-state index contributed by atoms with van der Waals surface area (Å²) >= 11 is 0. The number of hydrogen-bond donors (Lipinski definition) is 1. The lowest BCUT2D eigenvalue weighted by molar-refractivity contribution is -0.105. The highest BCUT2D eigenvalue weighted by Crippen LogP contribution is 2.68. The molecule has 8 atom stereocenters. The second-order valence-corrected chi connectivity index (χ2v) is 9.75. The molecule has 0 bridgehead atoms. The van der Waals surface area contributed by atoms with Crippen molar-refractivity contribution in [3.63, 3.8) is 0 Å². The Morgan fingerprint density at radius 1 is 0.864 bits per heavy atom. The molecule has 2 heteroatoms. The molecule has 22 heavy (non-hydrogen) atoms. The molecule has 1 nitrogen and oxygen atoms in total. The third-order valence-electron chi connectivity index (χ3n) is 9.18. The number of nitrogens with two attached hydrogens (primary N) is 1. The van der Waals surface area contributed by atoms with E-state index < -0.39 is 0 Å². The van der Waals surface area contributed by atoms with Crippen molar-refractivity contribution >= 4 is 7.28 Å². The van der Waals surface area contributed by atoms with Crippen LogP contribution >= 0.6 is 0 Å². The molecular weight excluding hydrogens is 265 g/mol. The van der Waals surface area contributed by atoms with E-state index in [4.69, 9.17) is 5.73 Å². The molecule has 0 spiro atoms. The average Bonchev–Trinajstić information content (AvgIpc) is 2.84. The van der Waals surface area contributed by atoms with Gasteiger partial charge in [0.1, 0.15) is 7.28 Å². The molecule has 0 aliphatic heterocycles. The van der Waals surface area contributed by atoms with Gasteiger partial charge in [0.15, 0.2) is 0 Å². The zero-order chi connectivity index (χ0) is 15.5. The minimum absolute atomic E-state index is 0.494. The molecule has 4 aliphatic rings. The highest BCUT2D eigenvalue weighted by atomic mass is 14.7. The van der Waals surface area contributed by atoms with Crippen LogP contribution in [-0.4, -0.2) is 13.3 Å². The summed E-state index contributed by atoms with van der Waals surface area (Å²) in [5.41, 5.74) is 7.56. The second-order valence-electron chi connectivity index (χ2n) is 9.75. The molecule has 0 aromatic carbocycles. The molecule has 4 aliphatic carbocycles. The van der Waals surface area contributed by atoms with Crippen molar-refractivity contribution in [1.82, 2.24) is 0 Å². The third kappa shape index (κ3) is 2.01. The normalized spacial score (nSPS) is 57.6. The zero-order valence-electron chi connectivity index (χ0n) is 15.0. The lowest BCUT2D eigenvalue weighted by atomic mass is 9.42. The summed E-state index contributed by atoms with van der Waals surface area (Å²) < 4.78 is 0. The van der Waals surface area contributed by atoms with E-state index in [0.717, 1.165) is 29.5 Å². The van der Waals surface area contributed by atoms with Crippen molar-refractivity contribution in [2.75, 3.05) is 0 Å². The fourth-order valence-corrected chi connectivity index (χ4v) is 7.88. The Balaban J connectivity index is 1.61. The van der Waals surface area contributed by atoms with Crippen molar-refractivity contribution in [3.8, 4) is 0 Å². The van der Waals surface area contributed by atoms with Gasteiger partial charge in [0, 0.05) is 6.04 Å². The second kappa shape index (κ2) is 5.26. The maximum atomic E-state index is 6.31. The molecule has 4 fully saturated rings. The molecule has 2 N–H and O–H groups in total. The van der Waals surface area contributed by atoms with Crippen LogP contribution in [0.2, 0.25) is 12.6 Å². The van der Waals surface area contributed by atoms with E-state index in [1.165, 1.54) is 57.8 Å². The molecule has 123 valence electrons.